The second kappa shape index (κ2) is 7.66. The second-order valence-corrected chi connectivity index (χ2v) is 6.07. The van der Waals surface area contributed by atoms with Crippen molar-refractivity contribution < 1.29 is 5.11 Å². The predicted molar refractivity (Wildman–Crippen MR) is 88.7 cm³/mol. The van der Waals surface area contributed by atoms with E-state index in [4.69, 9.17) is 0 Å². The lowest BCUT2D eigenvalue weighted by Crippen LogP contribution is -2.09. The van der Waals surface area contributed by atoms with Crippen molar-refractivity contribution in [3.05, 3.63) is 47.8 Å². The first-order valence-corrected chi connectivity index (χ1v) is 8.77. The van der Waals surface area contributed by atoms with Crippen LogP contribution in [0.4, 0.5) is 0 Å². The van der Waals surface area contributed by atoms with E-state index >= 15 is 0 Å². The third kappa shape index (κ3) is 3.89. The van der Waals surface area contributed by atoms with Crippen LogP contribution in [-0.4, -0.2) is 21.1 Å². The fourth-order valence-electron chi connectivity index (χ4n) is 2.60. The Hall–Kier alpha value is -1.26. The van der Waals surface area contributed by atoms with E-state index < -0.39 is 6.10 Å². The van der Waals surface area contributed by atoms with Crippen LogP contribution >= 0.6 is 11.8 Å². The molecule has 1 aromatic heterocycles. The van der Waals surface area contributed by atoms with Gasteiger partial charge in [0.1, 0.15) is 0 Å². The molecule has 1 aromatic carbocycles. The van der Waals surface area contributed by atoms with Gasteiger partial charge in [-0.25, -0.2) is 0 Å². The van der Waals surface area contributed by atoms with Crippen LogP contribution in [0.1, 0.15) is 50.1 Å². The minimum Gasteiger partial charge on any atom is -0.388 e. The summed E-state index contributed by atoms with van der Waals surface area (Å²) < 4.78 is 2.03. The molecule has 0 aliphatic carbocycles. The van der Waals surface area contributed by atoms with Crippen molar-refractivity contribution >= 4 is 11.8 Å². The van der Waals surface area contributed by atoms with E-state index in [0.717, 1.165) is 29.0 Å². The molecule has 2 rings (SSSR count). The van der Waals surface area contributed by atoms with Gasteiger partial charge in [-0.05, 0) is 36.8 Å². The molecule has 0 bridgehead atoms. The van der Waals surface area contributed by atoms with Crippen molar-refractivity contribution in [3.8, 4) is 0 Å². The van der Waals surface area contributed by atoms with Gasteiger partial charge in [-0.2, -0.15) is 5.10 Å². The normalized spacial score (nSPS) is 12.8. The molecule has 1 unspecified atom stereocenters. The van der Waals surface area contributed by atoms with Gasteiger partial charge in [-0.3, -0.25) is 4.68 Å². The molecular weight excluding hydrogens is 280 g/mol. The van der Waals surface area contributed by atoms with Gasteiger partial charge in [-0.1, -0.05) is 32.0 Å². The molecule has 4 heteroatoms. The van der Waals surface area contributed by atoms with Crippen LogP contribution in [0, 0.1) is 0 Å². The second-order valence-electron chi connectivity index (χ2n) is 5.22. The van der Waals surface area contributed by atoms with Gasteiger partial charge in [-0.15, -0.1) is 11.8 Å². The lowest BCUT2D eigenvalue weighted by molar-refractivity contribution is 0.174. The van der Waals surface area contributed by atoms with Crippen molar-refractivity contribution in [2.45, 2.75) is 50.2 Å². The minimum atomic E-state index is -0.501. The lowest BCUT2D eigenvalue weighted by Gasteiger charge is -2.14. The number of aliphatic hydroxyl groups is 1. The molecule has 0 aliphatic rings. The van der Waals surface area contributed by atoms with Crippen molar-refractivity contribution in [2.24, 2.45) is 0 Å². The maximum atomic E-state index is 10.5. The summed E-state index contributed by atoms with van der Waals surface area (Å²) >= 11 is 1.67. The van der Waals surface area contributed by atoms with Gasteiger partial charge in [0.25, 0.3) is 0 Å². The molecule has 0 saturated carbocycles. The Morgan fingerprint density at radius 1 is 1.19 bits per heavy atom. The highest BCUT2D eigenvalue weighted by Crippen LogP contribution is 2.27. The van der Waals surface area contributed by atoms with Crippen LogP contribution < -0.4 is 0 Å². The average molecular weight is 304 g/mol. The lowest BCUT2D eigenvalue weighted by atomic mass is 10.1. The molecule has 114 valence electrons. The predicted octanol–water partition coefficient (Wildman–Crippen LogP) is 4.24. The summed E-state index contributed by atoms with van der Waals surface area (Å²) in [5.74, 6) is 0. The Labute approximate surface area is 131 Å². The molecule has 3 nitrogen and oxygen atoms in total. The topological polar surface area (TPSA) is 38.0 Å². The van der Waals surface area contributed by atoms with E-state index in [0.29, 0.717) is 12.5 Å². The number of aliphatic hydroxyl groups excluding tert-OH is 1. The molecule has 21 heavy (non-hydrogen) atoms. The highest BCUT2D eigenvalue weighted by molar-refractivity contribution is 7.98. The Morgan fingerprint density at radius 3 is 2.57 bits per heavy atom. The third-order valence-electron chi connectivity index (χ3n) is 3.88. The molecule has 0 fully saturated rings. The summed E-state index contributed by atoms with van der Waals surface area (Å²) in [4.78, 5) is 1.13. The summed E-state index contributed by atoms with van der Waals surface area (Å²) in [6.45, 7) is 4.36. The Morgan fingerprint density at radius 2 is 1.90 bits per heavy atom. The summed E-state index contributed by atoms with van der Waals surface area (Å²) in [6.07, 6.45) is 6.28. The van der Waals surface area contributed by atoms with Gasteiger partial charge >= 0.3 is 0 Å². The molecule has 0 aliphatic heterocycles. The van der Waals surface area contributed by atoms with E-state index in [1.165, 1.54) is 0 Å². The van der Waals surface area contributed by atoms with E-state index in [-0.39, 0.29) is 0 Å². The number of thioether (sulfide) groups is 1. The summed E-state index contributed by atoms with van der Waals surface area (Å²) in [7, 11) is 0. The Balaban J connectivity index is 2.11. The number of aromatic nitrogens is 2. The van der Waals surface area contributed by atoms with Gasteiger partial charge in [0.05, 0.1) is 17.8 Å². The van der Waals surface area contributed by atoms with Gasteiger partial charge < -0.3 is 5.11 Å². The van der Waals surface area contributed by atoms with Gasteiger partial charge in [0, 0.05) is 17.5 Å². The first-order chi connectivity index (χ1) is 10.2. The molecule has 1 atom stereocenters. The highest BCUT2D eigenvalue weighted by atomic mass is 32.2. The third-order valence-corrected chi connectivity index (χ3v) is 4.69. The van der Waals surface area contributed by atoms with Crippen LogP contribution in [0.15, 0.2) is 41.4 Å². The van der Waals surface area contributed by atoms with Gasteiger partial charge in [0.2, 0.25) is 0 Å². The number of nitrogens with zero attached hydrogens (tertiary/aromatic N) is 2. The van der Waals surface area contributed by atoms with Crippen molar-refractivity contribution in [1.29, 1.82) is 0 Å². The molecule has 1 heterocycles. The largest absolute Gasteiger partial charge is 0.388 e. The quantitative estimate of drug-likeness (QED) is 0.777. The SMILES string of the molecule is CCC(CC)n1ccc(CC(O)c2ccccc2SC)n1. The first-order valence-electron chi connectivity index (χ1n) is 7.54. The van der Waals surface area contributed by atoms with Crippen LogP contribution in [0.5, 0.6) is 0 Å². The zero-order chi connectivity index (χ0) is 15.2. The molecule has 0 amide bonds. The zero-order valence-corrected chi connectivity index (χ0v) is 13.8. The fraction of sp³-hybridized carbons (Fsp3) is 0.471. The molecular formula is C17H24N2OS. The number of benzene rings is 1. The molecule has 0 saturated heterocycles. The standard InChI is InChI=1S/C17H24N2OS/c1-4-14(5-2)19-11-10-13(18-19)12-16(20)15-8-6-7-9-17(15)21-3/h6-11,14,16,20H,4-5,12H2,1-3H3. The van der Waals surface area contributed by atoms with E-state index in [1.807, 2.05) is 47.5 Å². The minimum absolute atomic E-state index is 0.453. The molecule has 0 radical (unpaired) electrons. The highest BCUT2D eigenvalue weighted by Gasteiger charge is 2.15. The fourth-order valence-corrected chi connectivity index (χ4v) is 3.26. The van der Waals surface area contributed by atoms with Crippen LogP contribution in [0.2, 0.25) is 0 Å². The Bertz CT molecular complexity index is 563. The van der Waals surface area contributed by atoms with Gasteiger partial charge in [0.15, 0.2) is 0 Å². The maximum absolute atomic E-state index is 10.5. The van der Waals surface area contributed by atoms with E-state index in [1.54, 1.807) is 11.8 Å². The smallest absolute Gasteiger partial charge is 0.0856 e. The van der Waals surface area contributed by atoms with Crippen LogP contribution in [0.25, 0.3) is 0 Å². The van der Waals surface area contributed by atoms with Crippen molar-refractivity contribution in [1.82, 2.24) is 9.78 Å². The molecule has 0 spiro atoms. The summed E-state index contributed by atoms with van der Waals surface area (Å²) in [6, 6.07) is 10.5. The van der Waals surface area contributed by atoms with Crippen molar-refractivity contribution in [2.75, 3.05) is 6.26 Å². The van der Waals surface area contributed by atoms with Crippen LogP contribution in [0.3, 0.4) is 0 Å². The zero-order valence-electron chi connectivity index (χ0n) is 13.0. The van der Waals surface area contributed by atoms with Crippen LogP contribution in [-0.2, 0) is 6.42 Å². The monoisotopic (exact) mass is 304 g/mol. The van der Waals surface area contributed by atoms with Crippen molar-refractivity contribution in [3.63, 3.8) is 0 Å². The first kappa shape index (κ1) is 16.1. The average Bonchev–Trinajstić information content (AvgIpc) is 2.96. The Kier molecular flexibility index (Phi) is 5.88. The van der Waals surface area contributed by atoms with E-state index in [9.17, 15) is 5.11 Å². The number of hydrogen-bond donors (Lipinski definition) is 1. The number of hydrogen-bond acceptors (Lipinski definition) is 3. The maximum Gasteiger partial charge on any atom is 0.0856 e. The molecule has 1 N–H and O–H groups in total. The molecule has 2 aromatic rings. The van der Waals surface area contributed by atoms with E-state index in [2.05, 4.69) is 18.9 Å². The number of rotatable bonds is 7. The summed E-state index contributed by atoms with van der Waals surface area (Å²) in [5.41, 5.74) is 1.94. The summed E-state index contributed by atoms with van der Waals surface area (Å²) in [5, 5.41) is 15.1.